The highest BCUT2D eigenvalue weighted by Gasteiger charge is 2.13. The summed E-state index contributed by atoms with van der Waals surface area (Å²) in [6.45, 7) is 5.01. The molecule has 96 valence electrons. The molecule has 0 radical (unpaired) electrons. The highest BCUT2D eigenvalue weighted by atomic mass is 19.1. The van der Waals surface area contributed by atoms with Crippen molar-refractivity contribution in [2.75, 3.05) is 18.4 Å². The highest BCUT2D eigenvalue weighted by Crippen LogP contribution is 2.12. The molecule has 1 N–H and O–H groups in total. The molecule has 0 heterocycles. The van der Waals surface area contributed by atoms with Crippen LogP contribution < -0.4 is 5.32 Å². The smallest absolute Gasteiger partial charge is 0.244 e. The molecule has 0 aliphatic rings. The zero-order chi connectivity index (χ0) is 13.5. The fraction of sp³-hybridized carbons (Fsp3) is 0.231. The first-order valence-electron chi connectivity index (χ1n) is 5.45. The molecule has 0 saturated carbocycles. The lowest BCUT2D eigenvalue weighted by Crippen LogP contribution is -2.36. The van der Waals surface area contributed by atoms with Crippen molar-refractivity contribution in [3.8, 4) is 0 Å². The van der Waals surface area contributed by atoms with Crippen LogP contribution in [0.2, 0.25) is 0 Å². The summed E-state index contributed by atoms with van der Waals surface area (Å²) in [5.41, 5.74) is 0.101. The van der Waals surface area contributed by atoms with Crippen LogP contribution in [0.5, 0.6) is 0 Å². The Labute approximate surface area is 105 Å². The largest absolute Gasteiger partial charge is 0.330 e. The molecule has 1 aromatic carbocycles. The van der Waals surface area contributed by atoms with Gasteiger partial charge in [0, 0.05) is 13.5 Å². The van der Waals surface area contributed by atoms with Gasteiger partial charge in [-0.25, -0.2) is 4.39 Å². The SMILES string of the molecule is C=CCN(CC(=O)Nc1ccccc1F)C(C)=O. The van der Waals surface area contributed by atoms with Gasteiger partial charge in [-0.15, -0.1) is 6.58 Å². The van der Waals surface area contributed by atoms with Gasteiger partial charge < -0.3 is 10.2 Å². The van der Waals surface area contributed by atoms with Crippen molar-refractivity contribution in [1.82, 2.24) is 4.90 Å². The van der Waals surface area contributed by atoms with Crippen molar-refractivity contribution >= 4 is 17.5 Å². The van der Waals surface area contributed by atoms with Crippen molar-refractivity contribution < 1.29 is 14.0 Å². The first-order valence-corrected chi connectivity index (χ1v) is 5.45. The maximum Gasteiger partial charge on any atom is 0.244 e. The topological polar surface area (TPSA) is 49.4 Å². The second-order valence-electron chi connectivity index (χ2n) is 3.72. The van der Waals surface area contributed by atoms with E-state index in [0.717, 1.165) is 0 Å². The van der Waals surface area contributed by atoms with Crippen LogP contribution in [0.25, 0.3) is 0 Å². The van der Waals surface area contributed by atoms with Gasteiger partial charge >= 0.3 is 0 Å². The van der Waals surface area contributed by atoms with Crippen molar-refractivity contribution in [2.24, 2.45) is 0 Å². The molecule has 0 bridgehead atoms. The molecule has 18 heavy (non-hydrogen) atoms. The van der Waals surface area contributed by atoms with E-state index in [2.05, 4.69) is 11.9 Å². The van der Waals surface area contributed by atoms with E-state index in [4.69, 9.17) is 0 Å². The molecule has 1 aromatic rings. The van der Waals surface area contributed by atoms with E-state index in [9.17, 15) is 14.0 Å². The first kappa shape index (κ1) is 13.9. The number of amides is 2. The lowest BCUT2D eigenvalue weighted by atomic mass is 10.3. The molecule has 0 spiro atoms. The van der Waals surface area contributed by atoms with E-state index < -0.39 is 11.7 Å². The molecule has 0 aromatic heterocycles. The molecule has 0 aliphatic carbocycles. The summed E-state index contributed by atoms with van der Waals surface area (Å²) >= 11 is 0. The third kappa shape index (κ3) is 4.01. The number of hydrogen-bond donors (Lipinski definition) is 1. The van der Waals surface area contributed by atoms with Crippen LogP contribution in [0.15, 0.2) is 36.9 Å². The summed E-state index contributed by atoms with van der Waals surface area (Å²) in [6.07, 6.45) is 1.53. The zero-order valence-corrected chi connectivity index (χ0v) is 10.1. The van der Waals surface area contributed by atoms with E-state index in [-0.39, 0.29) is 24.7 Å². The van der Waals surface area contributed by atoms with E-state index >= 15 is 0 Å². The zero-order valence-electron chi connectivity index (χ0n) is 10.1. The van der Waals surface area contributed by atoms with Gasteiger partial charge in [0.2, 0.25) is 11.8 Å². The Kier molecular flexibility index (Phi) is 5.05. The fourth-order valence-corrected chi connectivity index (χ4v) is 1.39. The van der Waals surface area contributed by atoms with Gasteiger partial charge in [0.25, 0.3) is 0 Å². The van der Waals surface area contributed by atoms with Crippen LogP contribution in [-0.2, 0) is 9.59 Å². The third-order valence-corrected chi connectivity index (χ3v) is 2.28. The van der Waals surface area contributed by atoms with Gasteiger partial charge in [-0.3, -0.25) is 9.59 Å². The van der Waals surface area contributed by atoms with Crippen LogP contribution >= 0.6 is 0 Å². The molecule has 0 fully saturated rings. The minimum atomic E-state index is -0.510. The molecule has 0 atom stereocenters. The Morgan fingerprint density at radius 3 is 2.67 bits per heavy atom. The number of carbonyl (C=O) groups excluding carboxylic acids is 2. The highest BCUT2D eigenvalue weighted by molar-refractivity contribution is 5.94. The number of benzene rings is 1. The third-order valence-electron chi connectivity index (χ3n) is 2.28. The lowest BCUT2D eigenvalue weighted by molar-refractivity contribution is -0.132. The molecular formula is C13H15FN2O2. The minimum absolute atomic E-state index is 0.101. The van der Waals surface area contributed by atoms with Gasteiger partial charge in [0.1, 0.15) is 12.4 Å². The Balaban J connectivity index is 2.63. The Bertz CT molecular complexity index is 460. The maximum atomic E-state index is 13.3. The number of carbonyl (C=O) groups is 2. The van der Waals surface area contributed by atoms with E-state index in [0.29, 0.717) is 0 Å². The van der Waals surface area contributed by atoms with Crippen molar-refractivity contribution in [3.63, 3.8) is 0 Å². The number of para-hydroxylation sites is 1. The molecule has 0 saturated heterocycles. The first-order chi connectivity index (χ1) is 8.54. The predicted octanol–water partition coefficient (Wildman–Crippen LogP) is 1.80. The van der Waals surface area contributed by atoms with Crippen LogP contribution in [0.1, 0.15) is 6.92 Å². The van der Waals surface area contributed by atoms with Crippen LogP contribution in [0, 0.1) is 5.82 Å². The standard InChI is InChI=1S/C13H15FN2O2/c1-3-8-16(10(2)17)9-13(18)15-12-7-5-4-6-11(12)14/h3-7H,1,8-9H2,2H3,(H,15,18). The van der Waals surface area contributed by atoms with Gasteiger partial charge in [0.05, 0.1) is 5.69 Å². The Hall–Kier alpha value is -2.17. The number of hydrogen-bond acceptors (Lipinski definition) is 2. The van der Waals surface area contributed by atoms with Crippen molar-refractivity contribution in [2.45, 2.75) is 6.92 Å². The van der Waals surface area contributed by atoms with Gasteiger partial charge in [-0.1, -0.05) is 18.2 Å². The summed E-state index contributed by atoms with van der Waals surface area (Å²) < 4.78 is 13.3. The number of halogens is 1. The van der Waals surface area contributed by atoms with Crippen LogP contribution in [0.3, 0.4) is 0 Å². The van der Waals surface area contributed by atoms with E-state index in [1.165, 1.54) is 36.1 Å². The monoisotopic (exact) mass is 250 g/mol. The number of nitrogens with zero attached hydrogens (tertiary/aromatic N) is 1. The van der Waals surface area contributed by atoms with Crippen molar-refractivity contribution in [3.05, 3.63) is 42.7 Å². The summed E-state index contributed by atoms with van der Waals surface area (Å²) in [5, 5.41) is 2.41. The second-order valence-corrected chi connectivity index (χ2v) is 3.72. The second kappa shape index (κ2) is 6.54. The average Bonchev–Trinajstić information content (AvgIpc) is 2.31. The normalized spacial score (nSPS) is 9.67. The Morgan fingerprint density at radius 1 is 1.44 bits per heavy atom. The summed E-state index contributed by atoms with van der Waals surface area (Å²) in [7, 11) is 0. The van der Waals surface area contributed by atoms with Crippen molar-refractivity contribution in [1.29, 1.82) is 0 Å². The number of nitrogens with one attached hydrogen (secondary N) is 1. The van der Waals surface area contributed by atoms with Crippen LogP contribution in [0.4, 0.5) is 10.1 Å². The van der Waals surface area contributed by atoms with E-state index in [1.54, 1.807) is 6.07 Å². The molecule has 2 amide bonds. The number of rotatable bonds is 5. The average molecular weight is 250 g/mol. The minimum Gasteiger partial charge on any atom is -0.330 e. The fourth-order valence-electron chi connectivity index (χ4n) is 1.39. The van der Waals surface area contributed by atoms with Crippen LogP contribution in [-0.4, -0.2) is 29.8 Å². The Morgan fingerprint density at radius 2 is 2.11 bits per heavy atom. The van der Waals surface area contributed by atoms with E-state index in [1.807, 2.05) is 0 Å². The molecule has 0 unspecified atom stereocenters. The van der Waals surface area contributed by atoms with Gasteiger partial charge in [-0.05, 0) is 12.1 Å². The molecular weight excluding hydrogens is 235 g/mol. The van der Waals surface area contributed by atoms with Gasteiger partial charge in [0.15, 0.2) is 0 Å². The molecule has 1 rings (SSSR count). The maximum absolute atomic E-state index is 13.3. The number of anilines is 1. The quantitative estimate of drug-likeness (QED) is 0.810. The predicted molar refractivity (Wildman–Crippen MR) is 67.5 cm³/mol. The summed E-state index contributed by atoms with van der Waals surface area (Å²) in [4.78, 5) is 24.2. The molecule has 5 heteroatoms. The molecule has 4 nitrogen and oxygen atoms in total. The summed E-state index contributed by atoms with van der Waals surface area (Å²) in [6, 6.07) is 5.86. The molecule has 0 aliphatic heterocycles. The lowest BCUT2D eigenvalue weighted by Gasteiger charge is -2.18. The summed E-state index contributed by atoms with van der Waals surface area (Å²) in [5.74, 6) is -1.19. The van der Waals surface area contributed by atoms with Gasteiger partial charge in [-0.2, -0.15) is 0 Å².